The maximum atomic E-state index is 13.0. The number of para-hydroxylation sites is 2. The minimum absolute atomic E-state index is 0.0671. The van der Waals surface area contributed by atoms with Crippen LogP contribution in [0, 0.1) is 5.92 Å². The first kappa shape index (κ1) is 17.1. The van der Waals surface area contributed by atoms with E-state index in [1.54, 1.807) is 4.68 Å². The third-order valence-electron chi connectivity index (χ3n) is 5.76. The van der Waals surface area contributed by atoms with E-state index in [1.165, 1.54) is 5.56 Å². The van der Waals surface area contributed by atoms with Crippen LogP contribution in [0.15, 0.2) is 54.6 Å². The Morgan fingerprint density at radius 1 is 1.00 bits per heavy atom. The SMILES string of the molecule is O=C1Nc2ccccc2-n2nnnc2C1N1CCC(Cc2ccccc2)CC1. The van der Waals surface area contributed by atoms with Crippen LogP contribution in [0.2, 0.25) is 0 Å². The molecule has 1 N–H and O–H groups in total. The monoisotopic (exact) mass is 374 g/mol. The van der Waals surface area contributed by atoms with Crippen LogP contribution in [0.4, 0.5) is 5.69 Å². The van der Waals surface area contributed by atoms with Gasteiger partial charge in [0.1, 0.15) is 0 Å². The van der Waals surface area contributed by atoms with Crippen molar-refractivity contribution in [3.05, 3.63) is 66.0 Å². The summed E-state index contributed by atoms with van der Waals surface area (Å²) in [5.74, 6) is 1.16. The molecular weight excluding hydrogens is 352 g/mol. The molecule has 2 aliphatic rings. The highest BCUT2D eigenvalue weighted by Gasteiger charge is 2.37. The highest BCUT2D eigenvalue weighted by molar-refractivity contribution is 5.98. The Morgan fingerprint density at radius 3 is 2.57 bits per heavy atom. The zero-order valence-electron chi connectivity index (χ0n) is 15.5. The number of tetrazole rings is 1. The minimum Gasteiger partial charge on any atom is -0.322 e. The fourth-order valence-corrected chi connectivity index (χ4v) is 4.31. The van der Waals surface area contributed by atoms with Crippen LogP contribution < -0.4 is 5.32 Å². The Bertz CT molecular complexity index is 977. The van der Waals surface area contributed by atoms with Crippen molar-refractivity contribution in [3.63, 3.8) is 0 Å². The fraction of sp³-hybridized carbons (Fsp3) is 0.333. The standard InChI is InChI=1S/C21H22N6O/c28-21-19(20-23-24-25-27(20)18-9-5-4-8-17(18)22-21)26-12-10-16(11-13-26)14-15-6-2-1-3-7-15/h1-9,16,19H,10-14H2,(H,22,28). The second-order valence-corrected chi connectivity index (χ2v) is 7.53. The normalized spacial score (nSPS) is 20.1. The maximum Gasteiger partial charge on any atom is 0.249 e. The van der Waals surface area contributed by atoms with E-state index >= 15 is 0 Å². The van der Waals surface area contributed by atoms with Gasteiger partial charge in [-0.1, -0.05) is 42.5 Å². The van der Waals surface area contributed by atoms with E-state index in [2.05, 4.69) is 56.1 Å². The molecule has 0 saturated carbocycles. The molecule has 7 nitrogen and oxygen atoms in total. The van der Waals surface area contributed by atoms with E-state index in [4.69, 9.17) is 0 Å². The van der Waals surface area contributed by atoms with E-state index in [0.29, 0.717) is 11.7 Å². The smallest absolute Gasteiger partial charge is 0.249 e. The third kappa shape index (κ3) is 3.07. The first-order chi connectivity index (χ1) is 13.8. The van der Waals surface area contributed by atoms with Crippen molar-refractivity contribution in [1.82, 2.24) is 25.1 Å². The molecule has 0 aliphatic carbocycles. The molecule has 0 radical (unpaired) electrons. The number of hydrogen-bond donors (Lipinski definition) is 1. The quantitative estimate of drug-likeness (QED) is 0.763. The number of benzene rings is 2. The number of rotatable bonds is 3. The Labute approximate surface area is 163 Å². The first-order valence-electron chi connectivity index (χ1n) is 9.76. The lowest BCUT2D eigenvalue weighted by Gasteiger charge is -2.35. The van der Waals surface area contributed by atoms with Crippen LogP contribution in [0.1, 0.15) is 30.3 Å². The number of aromatic nitrogens is 4. The van der Waals surface area contributed by atoms with E-state index in [1.807, 2.05) is 24.3 Å². The van der Waals surface area contributed by atoms with Crippen molar-refractivity contribution < 1.29 is 4.79 Å². The number of likely N-dealkylation sites (tertiary alicyclic amines) is 1. The van der Waals surface area contributed by atoms with Gasteiger partial charge in [-0.05, 0) is 66.4 Å². The summed E-state index contributed by atoms with van der Waals surface area (Å²) in [7, 11) is 0. The molecule has 1 atom stereocenters. The van der Waals surface area contributed by atoms with Crippen LogP contribution in [0.3, 0.4) is 0 Å². The summed E-state index contributed by atoms with van der Waals surface area (Å²) in [5.41, 5.74) is 2.92. The molecule has 0 bridgehead atoms. The Hall–Kier alpha value is -3.06. The minimum atomic E-state index is -0.472. The molecule has 1 saturated heterocycles. The molecule has 5 rings (SSSR count). The van der Waals surface area contributed by atoms with Crippen molar-refractivity contribution in [2.75, 3.05) is 18.4 Å². The molecule has 3 aromatic rings. The zero-order chi connectivity index (χ0) is 18.9. The summed E-state index contributed by atoms with van der Waals surface area (Å²) in [5, 5.41) is 15.2. The maximum absolute atomic E-state index is 13.0. The lowest BCUT2D eigenvalue weighted by Crippen LogP contribution is -2.42. The van der Waals surface area contributed by atoms with Gasteiger partial charge in [-0.15, -0.1) is 5.10 Å². The van der Waals surface area contributed by atoms with Crippen molar-refractivity contribution in [2.45, 2.75) is 25.3 Å². The van der Waals surface area contributed by atoms with Gasteiger partial charge in [-0.2, -0.15) is 4.68 Å². The number of carbonyl (C=O) groups excluding carboxylic acids is 1. The molecule has 0 spiro atoms. The van der Waals surface area contributed by atoms with Gasteiger partial charge in [0.25, 0.3) is 0 Å². The van der Waals surface area contributed by atoms with E-state index in [0.717, 1.165) is 43.7 Å². The lowest BCUT2D eigenvalue weighted by atomic mass is 9.89. The summed E-state index contributed by atoms with van der Waals surface area (Å²) in [6, 6.07) is 17.8. The third-order valence-corrected chi connectivity index (χ3v) is 5.76. The average Bonchev–Trinajstić information content (AvgIpc) is 3.16. The predicted molar refractivity (Wildman–Crippen MR) is 105 cm³/mol. The Morgan fingerprint density at radius 2 is 1.75 bits per heavy atom. The van der Waals surface area contributed by atoms with Gasteiger partial charge in [0, 0.05) is 0 Å². The van der Waals surface area contributed by atoms with E-state index in [9.17, 15) is 4.79 Å². The molecule has 1 amide bonds. The molecule has 7 heteroatoms. The molecule has 3 heterocycles. The number of fused-ring (bicyclic) bond motifs is 3. The van der Waals surface area contributed by atoms with Crippen molar-refractivity contribution >= 4 is 11.6 Å². The van der Waals surface area contributed by atoms with Crippen molar-refractivity contribution in [2.24, 2.45) is 5.92 Å². The molecule has 28 heavy (non-hydrogen) atoms. The van der Waals surface area contributed by atoms with Gasteiger partial charge in [0.2, 0.25) is 5.91 Å². The molecule has 2 aliphatic heterocycles. The number of anilines is 1. The van der Waals surface area contributed by atoms with Gasteiger partial charge < -0.3 is 5.32 Å². The van der Waals surface area contributed by atoms with Gasteiger partial charge in [0.15, 0.2) is 11.9 Å². The number of amides is 1. The lowest BCUT2D eigenvalue weighted by molar-refractivity contribution is -0.122. The number of hydrogen-bond acceptors (Lipinski definition) is 5. The highest BCUT2D eigenvalue weighted by Crippen LogP contribution is 2.33. The zero-order valence-corrected chi connectivity index (χ0v) is 15.5. The average molecular weight is 374 g/mol. The van der Waals surface area contributed by atoms with Gasteiger partial charge in [-0.25, -0.2) is 0 Å². The number of nitrogens with zero attached hydrogens (tertiary/aromatic N) is 5. The molecule has 1 aromatic heterocycles. The van der Waals surface area contributed by atoms with Gasteiger partial charge in [0.05, 0.1) is 11.4 Å². The molecule has 142 valence electrons. The summed E-state index contributed by atoms with van der Waals surface area (Å²) in [4.78, 5) is 15.3. The van der Waals surface area contributed by atoms with Gasteiger partial charge >= 0.3 is 0 Å². The van der Waals surface area contributed by atoms with Crippen molar-refractivity contribution in [1.29, 1.82) is 0 Å². The Balaban J connectivity index is 1.35. The van der Waals surface area contributed by atoms with Crippen LogP contribution >= 0.6 is 0 Å². The van der Waals surface area contributed by atoms with E-state index in [-0.39, 0.29) is 5.91 Å². The van der Waals surface area contributed by atoms with Crippen LogP contribution in [-0.4, -0.2) is 44.1 Å². The fourth-order valence-electron chi connectivity index (χ4n) is 4.31. The molecular formula is C21H22N6O. The second kappa shape index (κ2) is 7.16. The van der Waals surface area contributed by atoms with E-state index < -0.39 is 6.04 Å². The number of piperidine rings is 1. The topological polar surface area (TPSA) is 75.9 Å². The molecule has 1 unspecified atom stereocenters. The van der Waals surface area contributed by atoms with Crippen LogP contribution in [0.5, 0.6) is 0 Å². The predicted octanol–water partition coefficient (Wildman–Crippen LogP) is 2.61. The molecule has 1 fully saturated rings. The summed E-state index contributed by atoms with van der Waals surface area (Å²) >= 11 is 0. The second-order valence-electron chi connectivity index (χ2n) is 7.53. The van der Waals surface area contributed by atoms with Crippen LogP contribution in [0.25, 0.3) is 5.69 Å². The largest absolute Gasteiger partial charge is 0.322 e. The van der Waals surface area contributed by atoms with Crippen LogP contribution in [-0.2, 0) is 11.2 Å². The highest BCUT2D eigenvalue weighted by atomic mass is 16.2. The number of nitrogens with one attached hydrogen (secondary N) is 1. The number of carbonyl (C=O) groups is 1. The Kier molecular flexibility index (Phi) is 4.37. The van der Waals surface area contributed by atoms with Crippen molar-refractivity contribution in [3.8, 4) is 5.69 Å². The summed E-state index contributed by atoms with van der Waals surface area (Å²) < 4.78 is 1.69. The summed E-state index contributed by atoms with van der Waals surface area (Å²) in [6.45, 7) is 1.72. The van der Waals surface area contributed by atoms with Gasteiger partial charge in [-0.3, -0.25) is 9.69 Å². The first-order valence-corrected chi connectivity index (χ1v) is 9.76. The summed E-state index contributed by atoms with van der Waals surface area (Å²) in [6.07, 6.45) is 3.22. The molecule has 2 aromatic carbocycles.